The van der Waals surface area contributed by atoms with Crippen LogP contribution in [-0.2, 0) is 0 Å². The van der Waals surface area contributed by atoms with E-state index in [1.807, 2.05) is 0 Å². The summed E-state index contributed by atoms with van der Waals surface area (Å²) in [4.78, 5) is 0. The molecule has 1 aliphatic carbocycles. The summed E-state index contributed by atoms with van der Waals surface area (Å²) in [5.41, 5.74) is 6.02. The molecule has 0 aromatic carbocycles. The second-order valence-corrected chi connectivity index (χ2v) is 3.62. The molecule has 10 heavy (non-hydrogen) atoms. The lowest BCUT2D eigenvalue weighted by atomic mass is 10.0. The monoisotopic (exact) mass is 140 g/mol. The second kappa shape index (κ2) is 2.51. The van der Waals surface area contributed by atoms with Crippen LogP contribution < -0.4 is 11.1 Å². The molecule has 0 bridgehead atoms. The predicted octanol–water partition coefficient (Wildman–Crippen LogP) is 0.476. The summed E-state index contributed by atoms with van der Waals surface area (Å²) < 4.78 is 0. The van der Waals surface area contributed by atoms with Gasteiger partial charge in [0.25, 0.3) is 0 Å². The molecule has 1 saturated carbocycles. The van der Waals surface area contributed by atoms with E-state index in [-0.39, 0.29) is 0 Å². The summed E-state index contributed by atoms with van der Waals surface area (Å²) in [5.74, 6) is 0.857. The Morgan fingerprint density at radius 2 is 2.10 bits per heavy atom. The summed E-state index contributed by atoms with van der Waals surface area (Å²) in [6.07, 6.45) is 5.38. The number of nitrogens with one attached hydrogen (secondary N) is 1. The van der Waals surface area contributed by atoms with Crippen LogP contribution in [0.2, 0.25) is 0 Å². The second-order valence-electron chi connectivity index (χ2n) is 3.62. The largest absolute Gasteiger partial charge is 0.326 e. The standard InChI is InChI=1S/C8H16N2/c9-8(6-3-4-6)7-2-1-5-10-7/h6-8,10H,1-5,9H2/t7-,8?/m0/s1. The van der Waals surface area contributed by atoms with Crippen LogP contribution in [0, 0.1) is 5.92 Å². The van der Waals surface area contributed by atoms with E-state index in [1.165, 1.54) is 32.2 Å². The molecule has 2 aliphatic rings. The van der Waals surface area contributed by atoms with Crippen molar-refractivity contribution in [2.45, 2.75) is 37.8 Å². The highest BCUT2D eigenvalue weighted by atomic mass is 15.0. The highest BCUT2D eigenvalue weighted by Crippen LogP contribution is 2.34. The molecule has 1 heterocycles. The van der Waals surface area contributed by atoms with Crippen molar-refractivity contribution in [3.8, 4) is 0 Å². The van der Waals surface area contributed by atoms with Crippen molar-refractivity contribution in [1.29, 1.82) is 0 Å². The summed E-state index contributed by atoms with van der Waals surface area (Å²) in [5, 5.41) is 3.45. The molecular formula is C8H16N2. The minimum atomic E-state index is 0.461. The van der Waals surface area contributed by atoms with Crippen molar-refractivity contribution in [3.05, 3.63) is 0 Å². The topological polar surface area (TPSA) is 38.0 Å². The summed E-state index contributed by atoms with van der Waals surface area (Å²) in [6, 6.07) is 1.11. The first kappa shape index (κ1) is 6.62. The molecule has 0 aromatic heterocycles. The minimum Gasteiger partial charge on any atom is -0.326 e. The van der Waals surface area contributed by atoms with Crippen LogP contribution in [0.1, 0.15) is 25.7 Å². The van der Waals surface area contributed by atoms with Gasteiger partial charge in [-0.1, -0.05) is 0 Å². The Labute approximate surface area is 62.2 Å². The first-order valence-electron chi connectivity index (χ1n) is 4.37. The van der Waals surface area contributed by atoms with Crippen LogP contribution in [0.4, 0.5) is 0 Å². The lowest BCUT2D eigenvalue weighted by molar-refractivity contribution is 0.444. The third-order valence-corrected chi connectivity index (χ3v) is 2.73. The summed E-state index contributed by atoms with van der Waals surface area (Å²) in [7, 11) is 0. The van der Waals surface area contributed by atoms with Gasteiger partial charge in [0.2, 0.25) is 0 Å². The predicted molar refractivity (Wildman–Crippen MR) is 41.7 cm³/mol. The first-order valence-corrected chi connectivity index (χ1v) is 4.37. The Hall–Kier alpha value is -0.0800. The van der Waals surface area contributed by atoms with Crippen molar-refractivity contribution >= 4 is 0 Å². The molecule has 2 fully saturated rings. The molecule has 2 atom stereocenters. The van der Waals surface area contributed by atoms with Crippen molar-refractivity contribution in [2.75, 3.05) is 6.54 Å². The van der Waals surface area contributed by atoms with E-state index in [4.69, 9.17) is 5.73 Å². The van der Waals surface area contributed by atoms with Crippen LogP contribution in [0.15, 0.2) is 0 Å². The highest BCUT2D eigenvalue weighted by molar-refractivity contribution is 4.94. The van der Waals surface area contributed by atoms with Crippen LogP contribution >= 0.6 is 0 Å². The Kier molecular flexibility index (Phi) is 1.66. The van der Waals surface area contributed by atoms with Crippen LogP contribution in [0.25, 0.3) is 0 Å². The summed E-state index contributed by atoms with van der Waals surface area (Å²) in [6.45, 7) is 1.19. The number of rotatable bonds is 2. The van der Waals surface area contributed by atoms with Crippen molar-refractivity contribution < 1.29 is 0 Å². The normalized spacial score (nSPS) is 36.3. The van der Waals surface area contributed by atoms with E-state index in [0.29, 0.717) is 12.1 Å². The molecule has 58 valence electrons. The molecule has 0 aromatic rings. The Morgan fingerprint density at radius 3 is 2.60 bits per heavy atom. The average Bonchev–Trinajstić information content (AvgIpc) is 2.65. The molecule has 3 N–H and O–H groups in total. The number of nitrogens with two attached hydrogens (primary N) is 1. The minimum absolute atomic E-state index is 0.461. The van der Waals surface area contributed by atoms with Gasteiger partial charge in [0.05, 0.1) is 0 Å². The van der Waals surface area contributed by atoms with Crippen LogP contribution in [0.3, 0.4) is 0 Å². The smallest absolute Gasteiger partial charge is 0.0223 e. The van der Waals surface area contributed by atoms with E-state index in [0.717, 1.165) is 5.92 Å². The zero-order valence-electron chi connectivity index (χ0n) is 6.34. The maximum atomic E-state index is 6.02. The lowest BCUT2D eigenvalue weighted by Gasteiger charge is -2.18. The molecule has 0 spiro atoms. The van der Waals surface area contributed by atoms with Gasteiger partial charge in [-0.25, -0.2) is 0 Å². The van der Waals surface area contributed by atoms with E-state index in [9.17, 15) is 0 Å². The van der Waals surface area contributed by atoms with E-state index in [1.54, 1.807) is 0 Å². The van der Waals surface area contributed by atoms with Gasteiger partial charge in [-0.2, -0.15) is 0 Å². The zero-order chi connectivity index (χ0) is 6.97. The molecule has 2 nitrogen and oxygen atoms in total. The fourth-order valence-electron chi connectivity index (χ4n) is 1.85. The Bertz CT molecular complexity index is 114. The maximum absolute atomic E-state index is 6.02. The average molecular weight is 140 g/mol. The van der Waals surface area contributed by atoms with Gasteiger partial charge < -0.3 is 11.1 Å². The van der Waals surface area contributed by atoms with Crippen LogP contribution in [0.5, 0.6) is 0 Å². The molecule has 2 heteroatoms. The number of hydrogen-bond donors (Lipinski definition) is 2. The Balaban J connectivity index is 1.84. The van der Waals surface area contributed by atoms with Crippen molar-refractivity contribution in [2.24, 2.45) is 11.7 Å². The third kappa shape index (κ3) is 1.18. The molecule has 0 amide bonds. The lowest BCUT2D eigenvalue weighted by Crippen LogP contribution is -2.42. The molecular weight excluding hydrogens is 124 g/mol. The highest BCUT2D eigenvalue weighted by Gasteiger charge is 2.34. The number of hydrogen-bond acceptors (Lipinski definition) is 2. The van der Waals surface area contributed by atoms with Crippen molar-refractivity contribution in [3.63, 3.8) is 0 Å². The molecule has 1 aliphatic heterocycles. The van der Waals surface area contributed by atoms with Gasteiger partial charge >= 0.3 is 0 Å². The van der Waals surface area contributed by atoms with Crippen LogP contribution in [-0.4, -0.2) is 18.6 Å². The fourth-order valence-corrected chi connectivity index (χ4v) is 1.85. The van der Waals surface area contributed by atoms with Crippen molar-refractivity contribution in [1.82, 2.24) is 5.32 Å². The van der Waals surface area contributed by atoms with Gasteiger partial charge in [-0.15, -0.1) is 0 Å². The van der Waals surface area contributed by atoms with E-state index < -0.39 is 0 Å². The third-order valence-electron chi connectivity index (χ3n) is 2.73. The summed E-state index contributed by atoms with van der Waals surface area (Å²) >= 11 is 0. The molecule has 2 rings (SSSR count). The van der Waals surface area contributed by atoms with Gasteiger partial charge in [0.15, 0.2) is 0 Å². The van der Waals surface area contributed by atoms with E-state index in [2.05, 4.69) is 5.32 Å². The van der Waals surface area contributed by atoms with E-state index >= 15 is 0 Å². The molecule has 1 saturated heterocycles. The fraction of sp³-hybridized carbons (Fsp3) is 1.00. The van der Waals surface area contributed by atoms with Gasteiger partial charge in [-0.05, 0) is 38.1 Å². The molecule has 0 radical (unpaired) electrons. The van der Waals surface area contributed by atoms with Gasteiger partial charge in [-0.3, -0.25) is 0 Å². The SMILES string of the molecule is NC(C1CC1)[C@@H]1CCCN1. The van der Waals surface area contributed by atoms with Gasteiger partial charge in [0.1, 0.15) is 0 Å². The molecule has 1 unspecified atom stereocenters. The first-order chi connectivity index (χ1) is 4.88. The Morgan fingerprint density at radius 1 is 1.30 bits per heavy atom. The maximum Gasteiger partial charge on any atom is 0.0223 e. The quantitative estimate of drug-likeness (QED) is 0.585. The van der Waals surface area contributed by atoms with Gasteiger partial charge in [0, 0.05) is 12.1 Å². The zero-order valence-corrected chi connectivity index (χ0v) is 6.34.